The van der Waals surface area contributed by atoms with Gasteiger partial charge >= 0.3 is 0 Å². The number of fused-ring (bicyclic) bond motifs is 1. The van der Waals surface area contributed by atoms with Crippen LogP contribution in [0.2, 0.25) is 0 Å². The molecule has 0 unspecified atom stereocenters. The fourth-order valence-corrected chi connectivity index (χ4v) is 2.04. The molecule has 5 N–H and O–H groups in total. The lowest BCUT2D eigenvalue weighted by Gasteiger charge is -2.18. The normalized spacial score (nSPS) is 14.3. The third kappa shape index (κ3) is 2.22. The molecule has 1 aliphatic heterocycles. The minimum Gasteiger partial charge on any atom is -0.398 e. The second kappa shape index (κ2) is 4.96. The number of anilines is 1. The second-order valence-electron chi connectivity index (χ2n) is 4.27. The lowest BCUT2D eigenvalue weighted by Crippen LogP contribution is -2.13. The van der Waals surface area contributed by atoms with Gasteiger partial charge in [0.15, 0.2) is 0 Å². The molecular formula is C14H18N4. The lowest BCUT2D eigenvalue weighted by atomic mass is 9.97. The molecule has 2 rings (SSSR count). The molecule has 0 saturated carbocycles. The van der Waals surface area contributed by atoms with Gasteiger partial charge in [-0.1, -0.05) is 6.07 Å². The molecule has 1 aliphatic rings. The Morgan fingerprint density at radius 2 is 2.28 bits per heavy atom. The summed E-state index contributed by atoms with van der Waals surface area (Å²) in [5, 5.41) is 14.1. The van der Waals surface area contributed by atoms with Crippen molar-refractivity contribution in [1.82, 2.24) is 5.32 Å². The highest BCUT2D eigenvalue weighted by atomic mass is 14.9. The first-order valence-electron chi connectivity index (χ1n) is 5.90. The number of allylic oxidation sites excluding steroid dienone is 1. The zero-order valence-corrected chi connectivity index (χ0v) is 10.7. The van der Waals surface area contributed by atoms with E-state index in [0.29, 0.717) is 5.71 Å². The first-order chi connectivity index (χ1) is 8.63. The van der Waals surface area contributed by atoms with Gasteiger partial charge in [-0.3, -0.25) is 0 Å². The highest BCUT2D eigenvalue weighted by molar-refractivity contribution is 6.21. The number of nitrogens with two attached hydrogens (primary N) is 1. The smallest absolute Gasteiger partial charge is 0.0437 e. The van der Waals surface area contributed by atoms with Gasteiger partial charge in [0.05, 0.1) is 0 Å². The number of hydrogen-bond donors (Lipinski definition) is 4. The maximum atomic E-state index is 7.81. The van der Waals surface area contributed by atoms with Crippen LogP contribution in [0.1, 0.15) is 18.1 Å². The van der Waals surface area contributed by atoms with E-state index in [9.17, 15) is 0 Å². The molecule has 1 heterocycles. The van der Waals surface area contributed by atoms with Crippen LogP contribution in [0.4, 0.5) is 5.69 Å². The maximum Gasteiger partial charge on any atom is 0.0437 e. The molecule has 0 radical (unpaired) electrons. The van der Waals surface area contributed by atoms with Crippen molar-refractivity contribution >= 4 is 22.7 Å². The summed E-state index contributed by atoms with van der Waals surface area (Å²) < 4.78 is 0. The Bertz CT molecular complexity index is 541. The molecule has 0 spiro atoms. The summed E-state index contributed by atoms with van der Waals surface area (Å²) >= 11 is 0. The third-order valence-corrected chi connectivity index (χ3v) is 2.95. The number of nitrogens with one attached hydrogen (secondary N) is 3. The van der Waals surface area contributed by atoms with Crippen LogP contribution >= 0.6 is 0 Å². The van der Waals surface area contributed by atoms with Crippen molar-refractivity contribution < 1.29 is 0 Å². The van der Waals surface area contributed by atoms with E-state index in [0.717, 1.165) is 34.6 Å². The fourth-order valence-electron chi connectivity index (χ4n) is 2.04. The van der Waals surface area contributed by atoms with Crippen LogP contribution < -0.4 is 16.4 Å². The monoisotopic (exact) mass is 242 g/mol. The molecule has 0 aromatic heterocycles. The average molecular weight is 242 g/mol. The van der Waals surface area contributed by atoms with Gasteiger partial charge in [-0.05, 0) is 30.7 Å². The summed E-state index contributed by atoms with van der Waals surface area (Å²) in [7, 11) is 1.83. The highest BCUT2D eigenvalue weighted by Crippen LogP contribution is 2.28. The van der Waals surface area contributed by atoms with E-state index in [-0.39, 0.29) is 0 Å². The summed E-state index contributed by atoms with van der Waals surface area (Å²) in [6.45, 7) is 2.54. The zero-order valence-electron chi connectivity index (χ0n) is 10.7. The van der Waals surface area contributed by atoms with Crippen molar-refractivity contribution in [2.24, 2.45) is 5.73 Å². The number of rotatable bonds is 3. The molecule has 0 amide bonds. The van der Waals surface area contributed by atoms with Gasteiger partial charge < -0.3 is 21.8 Å². The van der Waals surface area contributed by atoms with E-state index < -0.39 is 0 Å². The van der Waals surface area contributed by atoms with E-state index in [1.807, 2.05) is 37.5 Å². The molecule has 18 heavy (non-hydrogen) atoms. The van der Waals surface area contributed by atoms with Gasteiger partial charge in [0.1, 0.15) is 0 Å². The van der Waals surface area contributed by atoms with E-state index in [2.05, 4.69) is 10.6 Å². The van der Waals surface area contributed by atoms with Crippen LogP contribution in [0.3, 0.4) is 0 Å². The minimum atomic E-state index is 0.524. The number of benzene rings is 1. The van der Waals surface area contributed by atoms with Crippen molar-refractivity contribution in [3.05, 3.63) is 41.6 Å². The summed E-state index contributed by atoms with van der Waals surface area (Å²) in [6.07, 6.45) is 3.80. The fraction of sp³-hybridized carbons (Fsp3) is 0.214. The van der Waals surface area contributed by atoms with E-state index in [1.54, 1.807) is 6.92 Å². The minimum absolute atomic E-state index is 0.524. The van der Waals surface area contributed by atoms with Crippen LogP contribution in [-0.4, -0.2) is 19.3 Å². The van der Waals surface area contributed by atoms with Crippen molar-refractivity contribution in [2.75, 3.05) is 18.9 Å². The average Bonchev–Trinajstić information content (AvgIpc) is 2.36. The van der Waals surface area contributed by atoms with Gasteiger partial charge in [0.2, 0.25) is 0 Å². The second-order valence-corrected chi connectivity index (χ2v) is 4.27. The maximum absolute atomic E-state index is 7.81. The van der Waals surface area contributed by atoms with Crippen LogP contribution in [0.5, 0.6) is 0 Å². The van der Waals surface area contributed by atoms with E-state index >= 15 is 0 Å². The van der Waals surface area contributed by atoms with Crippen LogP contribution in [0, 0.1) is 5.41 Å². The molecule has 0 aliphatic carbocycles. The molecule has 0 bridgehead atoms. The molecule has 94 valence electrons. The van der Waals surface area contributed by atoms with Gasteiger partial charge in [0.25, 0.3) is 0 Å². The Balaban J connectivity index is 2.49. The van der Waals surface area contributed by atoms with Crippen molar-refractivity contribution in [3.8, 4) is 0 Å². The summed E-state index contributed by atoms with van der Waals surface area (Å²) in [6, 6.07) is 6.04. The largest absolute Gasteiger partial charge is 0.398 e. The van der Waals surface area contributed by atoms with Crippen LogP contribution in [-0.2, 0) is 0 Å². The Morgan fingerprint density at radius 1 is 1.50 bits per heavy atom. The molecular weight excluding hydrogens is 224 g/mol. The summed E-state index contributed by atoms with van der Waals surface area (Å²) in [5.74, 6) is 0. The standard InChI is InChI=1S/C14H18N4/c1-9(15)12(8-17-2)10-3-4-14-11(7-10)13(16)5-6-18-14/h3-5,7-8,15,17-18H,6,16H2,1-2H3/b12-8+,15-9?. The van der Waals surface area contributed by atoms with Gasteiger partial charge in [0, 0.05) is 48.0 Å². The topological polar surface area (TPSA) is 73.9 Å². The molecule has 1 aromatic rings. The van der Waals surface area contributed by atoms with Crippen molar-refractivity contribution in [2.45, 2.75) is 6.92 Å². The third-order valence-electron chi connectivity index (χ3n) is 2.95. The molecule has 0 saturated heterocycles. The van der Waals surface area contributed by atoms with Crippen molar-refractivity contribution in [1.29, 1.82) is 5.41 Å². The molecule has 0 fully saturated rings. The Morgan fingerprint density at radius 3 is 2.94 bits per heavy atom. The highest BCUT2D eigenvalue weighted by Gasteiger charge is 2.12. The first-order valence-corrected chi connectivity index (χ1v) is 5.90. The predicted octanol–water partition coefficient (Wildman–Crippen LogP) is 2.01. The SMILES string of the molecule is CN/C=C(\C(C)=N)c1ccc2c(c1)C(N)=CCN2. The Hall–Kier alpha value is -2.23. The molecule has 4 nitrogen and oxygen atoms in total. The number of hydrogen-bond acceptors (Lipinski definition) is 4. The zero-order chi connectivity index (χ0) is 13.1. The van der Waals surface area contributed by atoms with Gasteiger partial charge in [-0.2, -0.15) is 0 Å². The van der Waals surface area contributed by atoms with E-state index in [1.165, 1.54) is 0 Å². The Labute approximate surface area is 107 Å². The molecule has 1 aromatic carbocycles. The van der Waals surface area contributed by atoms with Crippen molar-refractivity contribution in [3.63, 3.8) is 0 Å². The van der Waals surface area contributed by atoms with Crippen LogP contribution in [0.25, 0.3) is 11.3 Å². The Kier molecular flexibility index (Phi) is 3.37. The van der Waals surface area contributed by atoms with Crippen LogP contribution in [0.15, 0.2) is 30.5 Å². The predicted molar refractivity (Wildman–Crippen MR) is 77.5 cm³/mol. The quantitative estimate of drug-likeness (QED) is 0.613. The molecule has 0 atom stereocenters. The van der Waals surface area contributed by atoms with Gasteiger partial charge in [-0.25, -0.2) is 0 Å². The van der Waals surface area contributed by atoms with E-state index in [4.69, 9.17) is 11.1 Å². The van der Waals surface area contributed by atoms with Gasteiger partial charge in [-0.15, -0.1) is 0 Å². The summed E-state index contributed by atoms with van der Waals surface area (Å²) in [5.41, 5.74) is 11.2. The molecule has 4 heteroatoms. The first kappa shape index (κ1) is 12.2. The summed E-state index contributed by atoms with van der Waals surface area (Å²) in [4.78, 5) is 0. The lowest BCUT2D eigenvalue weighted by molar-refractivity contribution is 1.11.